The van der Waals surface area contributed by atoms with Crippen LogP contribution in [0.3, 0.4) is 0 Å². The number of rotatable bonds is 2. The van der Waals surface area contributed by atoms with Gasteiger partial charge in [-0.2, -0.15) is 5.10 Å². The van der Waals surface area contributed by atoms with Gasteiger partial charge in [0.15, 0.2) is 0 Å². The number of aliphatic hydroxyl groups excluding tert-OH is 1. The number of aryl methyl sites for hydroxylation is 2. The van der Waals surface area contributed by atoms with Gasteiger partial charge in [-0.1, -0.05) is 0 Å². The molecule has 0 aromatic carbocycles. The van der Waals surface area contributed by atoms with Crippen LogP contribution in [0.4, 0.5) is 0 Å². The zero-order chi connectivity index (χ0) is 13.3. The topological polar surface area (TPSA) is 58.4 Å². The van der Waals surface area contributed by atoms with Crippen LogP contribution in [0, 0.1) is 12.8 Å². The van der Waals surface area contributed by atoms with Crippen molar-refractivity contribution in [1.29, 1.82) is 0 Å². The van der Waals surface area contributed by atoms with Gasteiger partial charge in [0.25, 0.3) is 5.91 Å². The Kier molecular flexibility index (Phi) is 3.71. The fourth-order valence-electron chi connectivity index (χ4n) is 2.57. The summed E-state index contributed by atoms with van der Waals surface area (Å²) in [7, 11) is 1.82. The zero-order valence-corrected chi connectivity index (χ0v) is 11.3. The van der Waals surface area contributed by atoms with Crippen molar-refractivity contribution in [3.8, 4) is 0 Å². The standard InChI is InChI=1S/C13H21N3O2/c1-9-12(8-15(3)14-9)13(18)16-6-4-5-11(7-16)10(2)17/h8,10-11,17H,4-7H2,1-3H3. The van der Waals surface area contributed by atoms with Crippen LogP contribution >= 0.6 is 0 Å². The van der Waals surface area contributed by atoms with Gasteiger partial charge in [-0.15, -0.1) is 0 Å². The van der Waals surface area contributed by atoms with Crippen LogP contribution < -0.4 is 0 Å². The molecule has 0 aliphatic carbocycles. The third-order valence-corrected chi connectivity index (χ3v) is 3.67. The molecule has 100 valence electrons. The molecule has 2 rings (SSSR count). The van der Waals surface area contributed by atoms with Crippen molar-refractivity contribution in [3.05, 3.63) is 17.5 Å². The minimum atomic E-state index is -0.351. The van der Waals surface area contributed by atoms with Crippen LogP contribution in [-0.2, 0) is 7.05 Å². The maximum Gasteiger partial charge on any atom is 0.257 e. The lowest BCUT2D eigenvalue weighted by Gasteiger charge is -2.34. The second-order valence-corrected chi connectivity index (χ2v) is 5.20. The first-order chi connectivity index (χ1) is 8.49. The summed E-state index contributed by atoms with van der Waals surface area (Å²) >= 11 is 0. The van der Waals surface area contributed by atoms with Gasteiger partial charge in [0.1, 0.15) is 0 Å². The van der Waals surface area contributed by atoms with E-state index >= 15 is 0 Å². The largest absolute Gasteiger partial charge is 0.393 e. The molecule has 1 aromatic heterocycles. The third-order valence-electron chi connectivity index (χ3n) is 3.67. The van der Waals surface area contributed by atoms with Gasteiger partial charge >= 0.3 is 0 Å². The summed E-state index contributed by atoms with van der Waals surface area (Å²) in [6.45, 7) is 5.07. The number of aromatic nitrogens is 2. The van der Waals surface area contributed by atoms with Crippen molar-refractivity contribution in [2.45, 2.75) is 32.8 Å². The number of hydrogen-bond donors (Lipinski definition) is 1. The molecule has 18 heavy (non-hydrogen) atoms. The Balaban J connectivity index is 2.11. The summed E-state index contributed by atoms with van der Waals surface area (Å²) in [4.78, 5) is 14.2. The fraction of sp³-hybridized carbons (Fsp3) is 0.692. The van der Waals surface area contributed by atoms with E-state index in [1.165, 1.54) is 0 Å². The van der Waals surface area contributed by atoms with Crippen molar-refractivity contribution in [2.24, 2.45) is 13.0 Å². The normalized spacial score (nSPS) is 22.0. The van der Waals surface area contributed by atoms with Crippen LogP contribution in [0.15, 0.2) is 6.20 Å². The molecule has 2 atom stereocenters. The molecule has 0 bridgehead atoms. The highest BCUT2D eigenvalue weighted by molar-refractivity contribution is 5.95. The van der Waals surface area contributed by atoms with Gasteiger partial charge in [0.2, 0.25) is 0 Å². The van der Waals surface area contributed by atoms with E-state index in [9.17, 15) is 9.90 Å². The summed E-state index contributed by atoms with van der Waals surface area (Å²) in [5.41, 5.74) is 1.44. The van der Waals surface area contributed by atoms with Gasteiger partial charge in [-0.05, 0) is 26.7 Å². The second-order valence-electron chi connectivity index (χ2n) is 5.20. The minimum Gasteiger partial charge on any atom is -0.393 e. The minimum absolute atomic E-state index is 0.0333. The summed E-state index contributed by atoms with van der Waals surface area (Å²) in [6.07, 6.45) is 3.37. The average molecular weight is 251 g/mol. The number of aliphatic hydroxyl groups is 1. The second kappa shape index (κ2) is 5.10. The van der Waals surface area contributed by atoms with E-state index in [1.54, 1.807) is 17.8 Å². The smallest absolute Gasteiger partial charge is 0.257 e. The third kappa shape index (κ3) is 2.56. The molecule has 1 saturated heterocycles. The molecule has 2 heterocycles. The van der Waals surface area contributed by atoms with Crippen LogP contribution in [0.25, 0.3) is 0 Å². The Morgan fingerprint density at radius 2 is 2.33 bits per heavy atom. The van der Waals surface area contributed by atoms with E-state index in [-0.39, 0.29) is 17.9 Å². The number of amides is 1. The lowest BCUT2D eigenvalue weighted by Crippen LogP contribution is -2.43. The van der Waals surface area contributed by atoms with Crippen LogP contribution in [-0.4, -0.2) is 44.9 Å². The van der Waals surface area contributed by atoms with Gasteiger partial charge in [0.05, 0.1) is 17.4 Å². The maximum atomic E-state index is 12.4. The van der Waals surface area contributed by atoms with Crippen molar-refractivity contribution in [1.82, 2.24) is 14.7 Å². The van der Waals surface area contributed by atoms with Crippen molar-refractivity contribution in [3.63, 3.8) is 0 Å². The summed E-state index contributed by atoms with van der Waals surface area (Å²) < 4.78 is 1.67. The Morgan fingerprint density at radius 3 is 2.89 bits per heavy atom. The van der Waals surface area contributed by atoms with Gasteiger partial charge < -0.3 is 10.0 Å². The number of piperidine rings is 1. The van der Waals surface area contributed by atoms with Crippen molar-refractivity contribution in [2.75, 3.05) is 13.1 Å². The number of carbonyl (C=O) groups excluding carboxylic acids is 1. The number of likely N-dealkylation sites (tertiary alicyclic amines) is 1. The number of carbonyl (C=O) groups is 1. The average Bonchev–Trinajstić information content (AvgIpc) is 2.67. The van der Waals surface area contributed by atoms with E-state index in [0.717, 1.165) is 25.1 Å². The highest BCUT2D eigenvalue weighted by atomic mass is 16.3. The molecule has 5 nitrogen and oxygen atoms in total. The quantitative estimate of drug-likeness (QED) is 0.851. The highest BCUT2D eigenvalue weighted by Crippen LogP contribution is 2.21. The van der Waals surface area contributed by atoms with Crippen LogP contribution in [0.2, 0.25) is 0 Å². The van der Waals surface area contributed by atoms with E-state index < -0.39 is 0 Å². The predicted molar refractivity (Wildman–Crippen MR) is 68.3 cm³/mol. The predicted octanol–water partition coefficient (Wildman–Crippen LogP) is 0.962. The lowest BCUT2D eigenvalue weighted by atomic mass is 9.93. The SMILES string of the molecule is Cc1nn(C)cc1C(=O)N1CCCC(C(C)O)C1. The summed E-state index contributed by atoms with van der Waals surface area (Å²) in [6, 6.07) is 0. The first-order valence-electron chi connectivity index (χ1n) is 6.46. The fourth-order valence-corrected chi connectivity index (χ4v) is 2.57. The molecular weight excluding hydrogens is 230 g/mol. The van der Waals surface area contributed by atoms with Crippen LogP contribution in [0.1, 0.15) is 35.8 Å². The lowest BCUT2D eigenvalue weighted by molar-refractivity contribution is 0.0465. The summed E-state index contributed by atoms with van der Waals surface area (Å²) in [5.74, 6) is 0.227. The molecule has 1 aliphatic rings. The molecule has 1 fully saturated rings. The molecule has 0 saturated carbocycles. The van der Waals surface area contributed by atoms with E-state index in [4.69, 9.17) is 0 Å². The molecular formula is C13H21N3O2. The van der Waals surface area contributed by atoms with E-state index in [0.29, 0.717) is 12.1 Å². The monoisotopic (exact) mass is 251 g/mol. The molecule has 5 heteroatoms. The number of hydrogen-bond acceptors (Lipinski definition) is 3. The Bertz CT molecular complexity index is 439. The molecule has 0 radical (unpaired) electrons. The zero-order valence-electron chi connectivity index (χ0n) is 11.3. The first-order valence-corrected chi connectivity index (χ1v) is 6.46. The highest BCUT2D eigenvalue weighted by Gasteiger charge is 2.28. The first kappa shape index (κ1) is 13.1. The van der Waals surface area contributed by atoms with Gasteiger partial charge in [0, 0.05) is 32.3 Å². The van der Waals surface area contributed by atoms with E-state index in [1.807, 2.05) is 18.9 Å². The van der Waals surface area contributed by atoms with Crippen LogP contribution in [0.5, 0.6) is 0 Å². The Hall–Kier alpha value is -1.36. The maximum absolute atomic E-state index is 12.4. The molecule has 1 N–H and O–H groups in total. The van der Waals surface area contributed by atoms with E-state index in [2.05, 4.69) is 5.10 Å². The van der Waals surface area contributed by atoms with Crippen molar-refractivity contribution < 1.29 is 9.90 Å². The number of nitrogens with zero attached hydrogens (tertiary/aromatic N) is 3. The van der Waals surface area contributed by atoms with Gasteiger partial charge in [-0.25, -0.2) is 0 Å². The van der Waals surface area contributed by atoms with Crippen molar-refractivity contribution >= 4 is 5.91 Å². The van der Waals surface area contributed by atoms with Gasteiger partial charge in [-0.3, -0.25) is 9.48 Å². The Labute approximate surface area is 107 Å². The molecule has 1 aromatic rings. The Morgan fingerprint density at radius 1 is 1.61 bits per heavy atom. The molecule has 2 unspecified atom stereocenters. The molecule has 1 amide bonds. The molecule has 1 aliphatic heterocycles. The summed E-state index contributed by atoms with van der Waals surface area (Å²) in [5, 5.41) is 13.9. The molecule has 0 spiro atoms.